The van der Waals surface area contributed by atoms with E-state index >= 15 is 0 Å². The van der Waals surface area contributed by atoms with Crippen LogP contribution in [-0.4, -0.2) is 50.4 Å². The van der Waals surface area contributed by atoms with Gasteiger partial charge in [0.25, 0.3) is 0 Å². The average molecular weight is 452 g/mol. The molecule has 1 aromatic rings. The number of nitrogens with zero attached hydrogens (tertiary/aromatic N) is 2. The fourth-order valence-corrected chi connectivity index (χ4v) is 3.69. The Hall–Kier alpha value is -3.32. The number of benzene rings is 1. The lowest BCUT2D eigenvalue weighted by molar-refractivity contribution is -0.116. The number of rotatable bonds is 10. The van der Waals surface area contributed by atoms with Crippen LogP contribution in [-0.2, 0) is 14.3 Å². The Bertz CT molecular complexity index is 939. The number of carbonyl (C=O) groups is 1. The lowest BCUT2D eigenvalue weighted by Gasteiger charge is -2.25. The van der Waals surface area contributed by atoms with Crippen molar-refractivity contribution in [3.8, 4) is 5.75 Å². The Morgan fingerprint density at radius 3 is 2.55 bits per heavy atom. The molecule has 2 aliphatic rings. The van der Waals surface area contributed by atoms with Gasteiger partial charge in [-0.15, -0.1) is 0 Å². The van der Waals surface area contributed by atoms with Crippen LogP contribution >= 0.6 is 0 Å². The summed E-state index contributed by atoms with van der Waals surface area (Å²) in [6.07, 6.45) is 12.0. The van der Waals surface area contributed by atoms with E-state index in [0.29, 0.717) is 35.9 Å². The van der Waals surface area contributed by atoms with Crippen LogP contribution in [0.5, 0.6) is 5.75 Å². The van der Waals surface area contributed by atoms with Gasteiger partial charge < -0.3 is 24.4 Å². The SMILES string of the molecule is C=C(/C=C\N=C1\C=C(OC)C(OC)=CC1)Oc1ccc(NC(=O)CCN2CCCCC2)cc1. The minimum absolute atomic E-state index is 0.0292. The Labute approximate surface area is 196 Å². The maximum atomic E-state index is 12.2. The van der Waals surface area contributed by atoms with Crippen molar-refractivity contribution in [2.24, 2.45) is 4.99 Å². The van der Waals surface area contributed by atoms with E-state index in [1.54, 1.807) is 38.6 Å². The molecule has 33 heavy (non-hydrogen) atoms. The monoisotopic (exact) mass is 451 g/mol. The van der Waals surface area contributed by atoms with E-state index in [0.717, 1.165) is 31.0 Å². The van der Waals surface area contributed by atoms with Crippen molar-refractivity contribution in [1.29, 1.82) is 0 Å². The van der Waals surface area contributed by atoms with Gasteiger partial charge in [0, 0.05) is 43.1 Å². The van der Waals surface area contributed by atoms with E-state index in [-0.39, 0.29) is 5.91 Å². The summed E-state index contributed by atoms with van der Waals surface area (Å²) in [4.78, 5) is 19.0. The normalized spacial score (nSPS) is 17.9. The number of hydrogen-bond acceptors (Lipinski definition) is 6. The highest BCUT2D eigenvalue weighted by Crippen LogP contribution is 2.20. The zero-order valence-electron chi connectivity index (χ0n) is 19.5. The van der Waals surface area contributed by atoms with Crippen LogP contribution in [0.2, 0.25) is 0 Å². The lowest BCUT2D eigenvalue weighted by Crippen LogP contribution is -2.32. The maximum Gasteiger partial charge on any atom is 0.225 e. The molecule has 1 N–H and O–H groups in total. The average Bonchev–Trinajstić information content (AvgIpc) is 2.84. The summed E-state index contributed by atoms with van der Waals surface area (Å²) >= 11 is 0. The van der Waals surface area contributed by atoms with E-state index in [2.05, 4.69) is 21.8 Å². The molecule has 1 aromatic carbocycles. The second kappa shape index (κ2) is 12.6. The van der Waals surface area contributed by atoms with Crippen LogP contribution in [0.4, 0.5) is 5.69 Å². The van der Waals surface area contributed by atoms with Gasteiger partial charge in [-0.2, -0.15) is 0 Å². The standard InChI is InChI=1S/C26H33N3O4/c1-20(13-15-27-22-9-12-24(31-2)25(19-22)32-3)33-23-10-7-21(8-11-23)28-26(30)14-18-29-16-5-4-6-17-29/h7-8,10-13,15,19H,1,4-6,9,14,16-18H2,2-3H3,(H,28,30)/b15-13-,27-22+. The number of aliphatic imine (C=N–C) groups is 1. The van der Waals surface area contributed by atoms with Gasteiger partial charge >= 0.3 is 0 Å². The van der Waals surface area contributed by atoms with Crippen molar-refractivity contribution in [2.45, 2.75) is 32.1 Å². The molecule has 1 saturated heterocycles. The molecule has 0 bridgehead atoms. The number of hydrogen-bond donors (Lipinski definition) is 1. The molecular formula is C26H33N3O4. The summed E-state index contributed by atoms with van der Waals surface area (Å²) in [5.41, 5.74) is 1.59. The van der Waals surface area contributed by atoms with Crippen molar-refractivity contribution in [3.05, 3.63) is 72.5 Å². The van der Waals surface area contributed by atoms with E-state index < -0.39 is 0 Å². The smallest absolute Gasteiger partial charge is 0.225 e. The first kappa shape index (κ1) is 24.3. The van der Waals surface area contributed by atoms with Gasteiger partial charge in [-0.1, -0.05) is 13.0 Å². The van der Waals surface area contributed by atoms with Crippen LogP contribution in [0.3, 0.4) is 0 Å². The van der Waals surface area contributed by atoms with E-state index in [4.69, 9.17) is 14.2 Å². The van der Waals surface area contributed by atoms with Gasteiger partial charge in [0.15, 0.2) is 11.5 Å². The molecule has 0 radical (unpaired) electrons. The van der Waals surface area contributed by atoms with Crippen molar-refractivity contribution >= 4 is 17.3 Å². The highest BCUT2D eigenvalue weighted by molar-refractivity contribution is 5.98. The predicted molar refractivity (Wildman–Crippen MR) is 131 cm³/mol. The first-order chi connectivity index (χ1) is 16.1. The zero-order chi connectivity index (χ0) is 23.5. The van der Waals surface area contributed by atoms with Crippen molar-refractivity contribution in [1.82, 2.24) is 4.90 Å². The van der Waals surface area contributed by atoms with Crippen LogP contribution < -0.4 is 10.1 Å². The summed E-state index contributed by atoms with van der Waals surface area (Å²) in [7, 11) is 3.21. The summed E-state index contributed by atoms with van der Waals surface area (Å²) < 4.78 is 16.3. The molecule has 0 saturated carbocycles. The van der Waals surface area contributed by atoms with Crippen molar-refractivity contribution < 1.29 is 19.0 Å². The molecule has 0 atom stereocenters. The van der Waals surface area contributed by atoms with Gasteiger partial charge in [-0.05, 0) is 62.3 Å². The molecule has 0 aromatic heterocycles. The molecule has 0 unspecified atom stereocenters. The molecule has 1 fully saturated rings. The number of anilines is 1. The third-order valence-electron chi connectivity index (χ3n) is 5.47. The molecule has 176 valence electrons. The number of allylic oxidation sites excluding steroid dienone is 3. The number of ether oxygens (including phenoxy) is 3. The molecule has 1 aliphatic carbocycles. The second-order valence-electron chi connectivity index (χ2n) is 7.92. The van der Waals surface area contributed by atoms with Crippen LogP contribution in [0, 0.1) is 0 Å². The molecule has 1 heterocycles. The summed E-state index contributed by atoms with van der Waals surface area (Å²) in [6.45, 7) is 6.92. The number of amides is 1. The largest absolute Gasteiger partial charge is 0.493 e. The Morgan fingerprint density at radius 1 is 1.12 bits per heavy atom. The van der Waals surface area contributed by atoms with Gasteiger partial charge in [0.05, 0.1) is 14.2 Å². The first-order valence-corrected chi connectivity index (χ1v) is 11.3. The molecule has 1 aliphatic heterocycles. The van der Waals surface area contributed by atoms with Crippen LogP contribution in [0.1, 0.15) is 32.1 Å². The second-order valence-corrected chi connectivity index (χ2v) is 7.92. The molecule has 0 spiro atoms. The predicted octanol–water partition coefficient (Wildman–Crippen LogP) is 4.81. The molecule has 7 nitrogen and oxygen atoms in total. The van der Waals surface area contributed by atoms with Gasteiger partial charge in [0.2, 0.25) is 5.91 Å². The van der Waals surface area contributed by atoms with E-state index in [1.165, 1.54) is 19.3 Å². The van der Waals surface area contributed by atoms with Crippen molar-refractivity contribution in [2.75, 3.05) is 39.2 Å². The van der Waals surface area contributed by atoms with Gasteiger partial charge in [-0.3, -0.25) is 9.79 Å². The third kappa shape index (κ3) is 7.95. The molecule has 3 rings (SSSR count). The number of carbonyl (C=O) groups excluding carboxylic acids is 1. The third-order valence-corrected chi connectivity index (χ3v) is 5.47. The lowest BCUT2D eigenvalue weighted by atomic mass is 10.1. The van der Waals surface area contributed by atoms with Gasteiger partial charge in [-0.25, -0.2) is 0 Å². The summed E-state index contributed by atoms with van der Waals surface area (Å²) in [5, 5.41) is 2.94. The minimum Gasteiger partial charge on any atom is -0.493 e. The Morgan fingerprint density at radius 2 is 1.85 bits per heavy atom. The number of nitrogens with one attached hydrogen (secondary N) is 1. The van der Waals surface area contributed by atoms with E-state index in [1.807, 2.05) is 24.3 Å². The molecule has 7 heteroatoms. The number of methoxy groups -OCH3 is 2. The minimum atomic E-state index is 0.0292. The first-order valence-electron chi connectivity index (χ1n) is 11.3. The maximum absolute atomic E-state index is 12.2. The topological polar surface area (TPSA) is 72.4 Å². The zero-order valence-corrected chi connectivity index (χ0v) is 19.5. The fourth-order valence-electron chi connectivity index (χ4n) is 3.69. The quantitative estimate of drug-likeness (QED) is 0.408. The molecular weight excluding hydrogens is 418 g/mol. The number of piperidine rings is 1. The Balaban J connectivity index is 1.43. The summed E-state index contributed by atoms with van der Waals surface area (Å²) in [5.74, 6) is 2.47. The van der Waals surface area contributed by atoms with E-state index in [9.17, 15) is 4.79 Å². The number of likely N-dealkylation sites (tertiary alicyclic amines) is 1. The molecule has 1 amide bonds. The van der Waals surface area contributed by atoms with Crippen LogP contribution in [0.15, 0.2) is 77.5 Å². The highest BCUT2D eigenvalue weighted by atomic mass is 16.5. The highest BCUT2D eigenvalue weighted by Gasteiger charge is 2.13. The fraction of sp³-hybridized carbons (Fsp3) is 0.385. The van der Waals surface area contributed by atoms with Gasteiger partial charge in [0.1, 0.15) is 11.5 Å². The summed E-state index contributed by atoms with van der Waals surface area (Å²) in [6, 6.07) is 7.25. The van der Waals surface area contributed by atoms with Crippen molar-refractivity contribution in [3.63, 3.8) is 0 Å². The van der Waals surface area contributed by atoms with Crippen LogP contribution in [0.25, 0.3) is 0 Å². The Kier molecular flexibility index (Phi) is 9.32.